The number of nitrogens with zero attached hydrogens (tertiary/aromatic N) is 3. The lowest BCUT2D eigenvalue weighted by molar-refractivity contribution is -0.136. The number of carbonyl (C=O) groups is 2. The molecule has 0 radical (unpaired) electrons. The van der Waals surface area contributed by atoms with Gasteiger partial charge in [-0.25, -0.2) is 9.36 Å². The molecule has 1 aromatic carbocycles. The first-order chi connectivity index (χ1) is 14.4. The highest BCUT2D eigenvalue weighted by molar-refractivity contribution is 5.81. The molecule has 2 heterocycles. The van der Waals surface area contributed by atoms with Gasteiger partial charge < -0.3 is 4.90 Å². The van der Waals surface area contributed by atoms with E-state index in [0.29, 0.717) is 19.4 Å². The Morgan fingerprint density at radius 2 is 1.70 bits per heavy atom. The summed E-state index contributed by atoms with van der Waals surface area (Å²) in [5.74, 6) is -0.132. The van der Waals surface area contributed by atoms with Gasteiger partial charge in [0, 0.05) is 44.6 Å². The lowest BCUT2D eigenvalue weighted by Crippen LogP contribution is -2.40. The number of benzene rings is 1. The van der Waals surface area contributed by atoms with Gasteiger partial charge in [0.1, 0.15) is 0 Å². The molecule has 0 N–H and O–H groups in total. The fourth-order valence-electron chi connectivity index (χ4n) is 5.40. The lowest BCUT2D eigenvalue weighted by Gasteiger charge is -2.31. The molecular formula is C24H31N3O3. The van der Waals surface area contributed by atoms with Crippen LogP contribution in [0.3, 0.4) is 0 Å². The van der Waals surface area contributed by atoms with Crippen molar-refractivity contribution in [3.63, 3.8) is 0 Å². The van der Waals surface area contributed by atoms with Crippen LogP contribution in [-0.2, 0) is 24.2 Å². The Bertz CT molecular complexity index is 999. The first kappa shape index (κ1) is 20.6. The zero-order valence-corrected chi connectivity index (χ0v) is 18.1. The number of hydrogen-bond donors (Lipinski definition) is 0. The van der Waals surface area contributed by atoms with E-state index in [1.54, 1.807) is 4.57 Å². The van der Waals surface area contributed by atoms with Gasteiger partial charge in [0.25, 0.3) is 0 Å². The van der Waals surface area contributed by atoms with E-state index in [-0.39, 0.29) is 35.3 Å². The van der Waals surface area contributed by atoms with Crippen molar-refractivity contribution in [3.05, 3.63) is 57.8 Å². The van der Waals surface area contributed by atoms with Crippen molar-refractivity contribution >= 4 is 11.8 Å². The molecule has 2 aliphatic rings. The molecule has 160 valence electrons. The molecule has 0 spiro atoms. The van der Waals surface area contributed by atoms with Crippen LogP contribution in [0.5, 0.6) is 0 Å². The Morgan fingerprint density at radius 3 is 2.30 bits per heavy atom. The van der Waals surface area contributed by atoms with Crippen LogP contribution in [0.25, 0.3) is 0 Å². The molecule has 30 heavy (non-hydrogen) atoms. The molecule has 3 atom stereocenters. The fraction of sp³-hybridized carbons (Fsp3) is 0.542. The zero-order chi connectivity index (χ0) is 21.4. The zero-order valence-electron chi connectivity index (χ0n) is 18.1. The molecule has 0 bridgehead atoms. The maximum atomic E-state index is 13.5. The Hall–Kier alpha value is -2.63. The second-order valence-corrected chi connectivity index (χ2v) is 8.70. The molecular weight excluding hydrogens is 378 g/mol. The molecule has 1 saturated heterocycles. The first-order valence-corrected chi connectivity index (χ1v) is 11.1. The van der Waals surface area contributed by atoms with E-state index in [1.165, 1.54) is 17.1 Å². The van der Waals surface area contributed by atoms with Crippen LogP contribution in [0, 0.1) is 11.8 Å². The first-order valence-electron chi connectivity index (χ1n) is 11.1. The van der Waals surface area contributed by atoms with E-state index >= 15 is 0 Å². The molecule has 2 aromatic rings. The van der Waals surface area contributed by atoms with Crippen molar-refractivity contribution in [2.45, 2.75) is 58.9 Å². The van der Waals surface area contributed by atoms with Gasteiger partial charge in [-0.2, -0.15) is 0 Å². The molecule has 0 unspecified atom stereocenters. The van der Waals surface area contributed by atoms with Crippen molar-refractivity contribution in [2.24, 2.45) is 11.8 Å². The number of rotatable bonds is 3. The number of hydrogen-bond acceptors (Lipinski definition) is 3. The van der Waals surface area contributed by atoms with Gasteiger partial charge >= 0.3 is 5.69 Å². The van der Waals surface area contributed by atoms with Gasteiger partial charge in [-0.1, -0.05) is 37.3 Å². The molecule has 1 aliphatic heterocycles. The number of carbonyl (C=O) groups excluding carboxylic acids is 2. The standard InChI is InChI=1S/C24H31N3O3/c1-4-26-21-14-19(18-10-6-5-7-11-18)16(2)20(23(29)25-12-8-9-13-25)15-22(21)27(17(3)28)24(26)30/h5-7,10-11,16,19-20H,4,8-9,12-15H2,1-3H3/t16-,19-,20+/m1/s1. The highest BCUT2D eigenvalue weighted by Crippen LogP contribution is 2.40. The van der Waals surface area contributed by atoms with E-state index in [1.807, 2.05) is 30.0 Å². The summed E-state index contributed by atoms with van der Waals surface area (Å²) in [5.41, 5.74) is 2.55. The minimum atomic E-state index is -0.276. The smallest absolute Gasteiger partial charge is 0.335 e. The minimum Gasteiger partial charge on any atom is -0.342 e. The third kappa shape index (κ3) is 3.42. The summed E-state index contributed by atoms with van der Waals surface area (Å²) in [6.07, 6.45) is 3.19. The van der Waals surface area contributed by atoms with Crippen LogP contribution >= 0.6 is 0 Å². The molecule has 1 fully saturated rings. The van der Waals surface area contributed by atoms with Crippen molar-refractivity contribution in [1.82, 2.24) is 14.0 Å². The fourth-order valence-corrected chi connectivity index (χ4v) is 5.40. The van der Waals surface area contributed by atoms with Crippen molar-refractivity contribution in [1.29, 1.82) is 0 Å². The molecule has 1 amide bonds. The molecule has 1 aliphatic carbocycles. The summed E-state index contributed by atoms with van der Waals surface area (Å²) >= 11 is 0. The average molecular weight is 410 g/mol. The van der Waals surface area contributed by atoms with Gasteiger partial charge in [-0.05, 0) is 43.6 Å². The van der Waals surface area contributed by atoms with Gasteiger partial charge in [-0.3, -0.25) is 14.2 Å². The van der Waals surface area contributed by atoms with Crippen molar-refractivity contribution in [3.8, 4) is 0 Å². The maximum absolute atomic E-state index is 13.5. The normalized spacial score (nSPS) is 23.8. The molecule has 4 rings (SSSR count). The van der Waals surface area contributed by atoms with Crippen LogP contribution in [0.4, 0.5) is 0 Å². The van der Waals surface area contributed by atoms with Gasteiger partial charge in [-0.15, -0.1) is 0 Å². The summed E-state index contributed by atoms with van der Waals surface area (Å²) < 4.78 is 3.03. The van der Waals surface area contributed by atoms with Crippen LogP contribution in [0.2, 0.25) is 0 Å². The largest absolute Gasteiger partial charge is 0.342 e. The van der Waals surface area contributed by atoms with E-state index in [2.05, 4.69) is 19.1 Å². The van der Waals surface area contributed by atoms with Crippen LogP contribution in [0.15, 0.2) is 35.1 Å². The predicted molar refractivity (Wildman–Crippen MR) is 116 cm³/mol. The SMILES string of the molecule is CCn1c2c(n(C(C)=O)c1=O)C[C@H](C(=O)N1CCCC1)[C@H](C)[C@H](c1ccccc1)C2. The second kappa shape index (κ2) is 8.25. The Balaban J connectivity index is 1.87. The van der Waals surface area contributed by atoms with E-state index in [9.17, 15) is 14.4 Å². The predicted octanol–water partition coefficient (Wildman–Crippen LogP) is 3.09. The number of likely N-dealkylation sites (tertiary alicyclic amines) is 1. The number of imidazole rings is 1. The van der Waals surface area contributed by atoms with Crippen molar-refractivity contribution in [2.75, 3.05) is 13.1 Å². The molecule has 6 nitrogen and oxygen atoms in total. The average Bonchev–Trinajstić information content (AvgIpc) is 3.33. The van der Waals surface area contributed by atoms with Gasteiger partial charge in [0.15, 0.2) is 0 Å². The summed E-state index contributed by atoms with van der Waals surface area (Å²) in [6, 6.07) is 10.3. The molecule has 6 heteroatoms. The molecule has 1 aromatic heterocycles. The summed E-state index contributed by atoms with van der Waals surface area (Å²) in [7, 11) is 0. The third-order valence-electron chi connectivity index (χ3n) is 7.04. The van der Waals surface area contributed by atoms with Crippen LogP contribution in [0.1, 0.15) is 61.3 Å². The lowest BCUT2D eigenvalue weighted by atomic mass is 9.77. The Kier molecular flexibility index (Phi) is 5.67. The topological polar surface area (TPSA) is 64.3 Å². The summed E-state index contributed by atoms with van der Waals surface area (Å²) in [6.45, 7) is 7.66. The second-order valence-electron chi connectivity index (χ2n) is 8.70. The number of aromatic nitrogens is 2. The highest BCUT2D eigenvalue weighted by atomic mass is 16.2. The Morgan fingerprint density at radius 1 is 1.03 bits per heavy atom. The van der Waals surface area contributed by atoms with Gasteiger partial charge in [0.2, 0.25) is 11.8 Å². The number of amides is 1. The third-order valence-corrected chi connectivity index (χ3v) is 7.04. The number of fused-ring (bicyclic) bond motifs is 1. The molecule has 0 saturated carbocycles. The van der Waals surface area contributed by atoms with Gasteiger partial charge in [0.05, 0.1) is 5.69 Å². The van der Waals surface area contributed by atoms with Crippen molar-refractivity contribution < 1.29 is 9.59 Å². The maximum Gasteiger partial charge on any atom is 0.335 e. The van der Waals surface area contributed by atoms with E-state index in [0.717, 1.165) is 37.3 Å². The minimum absolute atomic E-state index is 0.105. The summed E-state index contributed by atoms with van der Waals surface area (Å²) in [5, 5.41) is 0. The quantitative estimate of drug-likeness (QED) is 0.732. The monoisotopic (exact) mass is 409 g/mol. The summed E-state index contributed by atoms with van der Waals surface area (Å²) in [4.78, 5) is 40.9. The highest BCUT2D eigenvalue weighted by Gasteiger charge is 2.41. The van der Waals surface area contributed by atoms with E-state index < -0.39 is 0 Å². The van der Waals surface area contributed by atoms with E-state index in [4.69, 9.17) is 0 Å². The van der Waals surface area contributed by atoms with Crippen LogP contribution in [-0.4, -0.2) is 38.9 Å². The van der Waals surface area contributed by atoms with Crippen LogP contribution < -0.4 is 5.69 Å². The Labute approximate surface area is 177 Å².